The largest absolute Gasteiger partial charge is 0.416 e. The number of hydrogen-bond acceptors (Lipinski definition) is 2. The number of nitrogens with zero attached hydrogens (tertiary/aromatic N) is 1. The molecule has 0 bridgehead atoms. The van der Waals surface area contributed by atoms with Crippen molar-refractivity contribution in [1.82, 2.24) is 0 Å². The van der Waals surface area contributed by atoms with E-state index in [1.165, 1.54) is 17.8 Å². The number of benzene rings is 1. The van der Waals surface area contributed by atoms with Crippen LogP contribution in [0.1, 0.15) is 18.1 Å². The van der Waals surface area contributed by atoms with E-state index >= 15 is 0 Å². The monoisotopic (exact) mass is 293 g/mol. The van der Waals surface area contributed by atoms with E-state index in [0.717, 1.165) is 12.1 Å². The lowest BCUT2D eigenvalue weighted by atomic mass is 10.1. The molecule has 0 aromatic heterocycles. The summed E-state index contributed by atoms with van der Waals surface area (Å²) < 4.78 is 37.4. The van der Waals surface area contributed by atoms with Crippen LogP contribution in [0.3, 0.4) is 0 Å². The van der Waals surface area contributed by atoms with Gasteiger partial charge in [-0.3, -0.25) is 0 Å². The molecule has 0 heterocycles. The molecule has 0 saturated carbocycles. The maximum atomic E-state index is 12.5. The predicted octanol–water partition coefficient (Wildman–Crippen LogP) is 4.54. The molecule has 0 aliphatic carbocycles. The maximum Gasteiger partial charge on any atom is 0.416 e. The molecule has 6 heteroatoms. The number of halogens is 4. The highest BCUT2D eigenvalue weighted by Gasteiger charge is 2.31. The second-order valence-corrected chi connectivity index (χ2v) is 5.26. The molecule has 18 heavy (non-hydrogen) atoms. The van der Waals surface area contributed by atoms with Crippen molar-refractivity contribution in [2.24, 2.45) is 5.92 Å². The molecule has 0 N–H and O–H groups in total. The highest BCUT2D eigenvalue weighted by Crippen LogP contribution is 2.33. The van der Waals surface area contributed by atoms with Crippen LogP contribution >= 0.6 is 23.4 Å². The molecule has 98 valence electrons. The Kier molecular flexibility index (Phi) is 5.36. The van der Waals surface area contributed by atoms with Crippen molar-refractivity contribution in [3.8, 4) is 6.07 Å². The fourth-order valence-corrected chi connectivity index (χ4v) is 2.44. The maximum absolute atomic E-state index is 12.5. The number of thioether (sulfide) groups is 1. The smallest absolute Gasteiger partial charge is 0.192 e. The van der Waals surface area contributed by atoms with Gasteiger partial charge in [-0.05, 0) is 24.1 Å². The van der Waals surface area contributed by atoms with Gasteiger partial charge in [0, 0.05) is 16.5 Å². The van der Waals surface area contributed by atoms with Gasteiger partial charge in [-0.1, -0.05) is 6.92 Å². The summed E-state index contributed by atoms with van der Waals surface area (Å²) in [5.41, 5.74) is -0.745. The van der Waals surface area contributed by atoms with Crippen LogP contribution in [0, 0.1) is 17.2 Å². The van der Waals surface area contributed by atoms with Crippen molar-refractivity contribution in [2.75, 3.05) is 11.6 Å². The second kappa shape index (κ2) is 6.35. The average molecular weight is 294 g/mol. The van der Waals surface area contributed by atoms with Gasteiger partial charge in [0.15, 0.2) is 0 Å². The van der Waals surface area contributed by atoms with Crippen molar-refractivity contribution in [2.45, 2.75) is 18.0 Å². The zero-order chi connectivity index (χ0) is 13.8. The van der Waals surface area contributed by atoms with Crippen LogP contribution in [0.15, 0.2) is 23.1 Å². The molecule has 1 aromatic rings. The Morgan fingerprint density at radius 2 is 2.11 bits per heavy atom. The third-order valence-corrected chi connectivity index (χ3v) is 4.14. The Labute approximate surface area is 113 Å². The first kappa shape index (κ1) is 15.2. The standard InChI is InChI=1S/C12H11ClF3NS/c1-8(5-13)7-18-11-3-2-10(12(14,15)16)4-9(11)6-17/h2-4,8H,5,7H2,1H3. The molecule has 0 amide bonds. The summed E-state index contributed by atoms with van der Waals surface area (Å²) in [6, 6.07) is 5.01. The van der Waals surface area contributed by atoms with Crippen LogP contribution in [0.2, 0.25) is 0 Å². The van der Waals surface area contributed by atoms with Gasteiger partial charge in [-0.2, -0.15) is 18.4 Å². The first-order chi connectivity index (χ1) is 8.38. The Balaban J connectivity index is 2.92. The molecule has 0 aliphatic heterocycles. The van der Waals surface area contributed by atoms with Crippen LogP contribution in [-0.2, 0) is 6.18 Å². The van der Waals surface area contributed by atoms with Crippen LogP contribution in [0.4, 0.5) is 13.2 Å². The molecular weight excluding hydrogens is 283 g/mol. The highest BCUT2D eigenvalue weighted by atomic mass is 35.5. The summed E-state index contributed by atoms with van der Waals surface area (Å²) in [5, 5.41) is 8.87. The fourth-order valence-electron chi connectivity index (χ4n) is 1.20. The molecule has 0 saturated heterocycles. The molecule has 0 radical (unpaired) electrons. The van der Waals surface area contributed by atoms with Crippen molar-refractivity contribution in [3.05, 3.63) is 29.3 Å². The summed E-state index contributed by atoms with van der Waals surface area (Å²) in [5.74, 6) is 1.39. The zero-order valence-electron chi connectivity index (χ0n) is 9.59. The molecule has 1 unspecified atom stereocenters. The lowest BCUT2D eigenvalue weighted by Gasteiger charge is -2.11. The molecule has 0 aliphatic rings. The number of rotatable bonds is 4. The van der Waals surface area contributed by atoms with Crippen LogP contribution < -0.4 is 0 Å². The van der Waals surface area contributed by atoms with E-state index in [9.17, 15) is 13.2 Å². The molecule has 1 atom stereocenters. The molecule has 1 aromatic carbocycles. The van der Waals surface area contributed by atoms with Gasteiger partial charge >= 0.3 is 6.18 Å². The van der Waals surface area contributed by atoms with Gasteiger partial charge < -0.3 is 0 Å². The predicted molar refractivity (Wildman–Crippen MR) is 66.8 cm³/mol. The van der Waals surface area contributed by atoms with E-state index in [1.807, 2.05) is 6.92 Å². The molecule has 0 spiro atoms. The Morgan fingerprint density at radius 3 is 2.61 bits per heavy atom. The zero-order valence-corrected chi connectivity index (χ0v) is 11.2. The van der Waals surface area contributed by atoms with Crippen LogP contribution in [-0.4, -0.2) is 11.6 Å². The quantitative estimate of drug-likeness (QED) is 0.601. The van der Waals surface area contributed by atoms with Crippen LogP contribution in [0.25, 0.3) is 0 Å². The minimum absolute atomic E-state index is 0.0524. The van der Waals surface area contributed by atoms with E-state index in [4.69, 9.17) is 16.9 Å². The van der Waals surface area contributed by atoms with E-state index in [2.05, 4.69) is 0 Å². The summed E-state index contributed by atoms with van der Waals surface area (Å²) >= 11 is 7.00. The SMILES string of the molecule is CC(CCl)CSc1ccc(C(F)(F)F)cc1C#N. The van der Waals surface area contributed by atoms with Gasteiger partial charge in [-0.25, -0.2) is 0 Å². The Morgan fingerprint density at radius 1 is 1.44 bits per heavy atom. The van der Waals surface area contributed by atoms with E-state index < -0.39 is 11.7 Å². The highest BCUT2D eigenvalue weighted by molar-refractivity contribution is 7.99. The molecule has 1 rings (SSSR count). The summed E-state index contributed by atoms with van der Waals surface area (Å²) in [7, 11) is 0. The van der Waals surface area contributed by atoms with Gasteiger partial charge in [0.2, 0.25) is 0 Å². The van der Waals surface area contributed by atoms with E-state index in [1.54, 1.807) is 6.07 Å². The summed E-state index contributed by atoms with van der Waals surface area (Å²) in [4.78, 5) is 0.558. The number of nitriles is 1. The Bertz CT molecular complexity index is 454. The topological polar surface area (TPSA) is 23.8 Å². The normalized spacial score (nSPS) is 13.1. The van der Waals surface area contributed by atoms with Crippen LogP contribution in [0.5, 0.6) is 0 Å². The second-order valence-electron chi connectivity index (χ2n) is 3.89. The van der Waals surface area contributed by atoms with Gasteiger partial charge in [0.1, 0.15) is 6.07 Å². The van der Waals surface area contributed by atoms with Gasteiger partial charge in [0.05, 0.1) is 11.1 Å². The molecule has 0 fully saturated rings. The number of alkyl halides is 4. The van der Waals surface area contributed by atoms with E-state index in [0.29, 0.717) is 16.5 Å². The Hall–Kier alpha value is -0.860. The third-order valence-electron chi connectivity index (χ3n) is 2.21. The summed E-state index contributed by atoms with van der Waals surface area (Å²) in [6.45, 7) is 1.94. The van der Waals surface area contributed by atoms with Crippen molar-refractivity contribution >= 4 is 23.4 Å². The van der Waals surface area contributed by atoms with Gasteiger partial charge in [0.25, 0.3) is 0 Å². The lowest BCUT2D eigenvalue weighted by molar-refractivity contribution is -0.137. The van der Waals surface area contributed by atoms with Crippen molar-refractivity contribution < 1.29 is 13.2 Å². The first-order valence-electron chi connectivity index (χ1n) is 5.18. The lowest BCUT2D eigenvalue weighted by Crippen LogP contribution is -2.05. The fraction of sp³-hybridized carbons (Fsp3) is 0.417. The number of hydrogen-bond donors (Lipinski definition) is 0. The molecular formula is C12H11ClF3NS. The molecule has 1 nitrogen and oxygen atoms in total. The van der Waals surface area contributed by atoms with Crippen molar-refractivity contribution in [1.29, 1.82) is 5.26 Å². The average Bonchev–Trinajstić information content (AvgIpc) is 2.34. The van der Waals surface area contributed by atoms with Crippen molar-refractivity contribution in [3.63, 3.8) is 0 Å². The minimum Gasteiger partial charge on any atom is -0.192 e. The summed E-state index contributed by atoms with van der Waals surface area (Å²) in [6.07, 6.45) is -4.42. The minimum atomic E-state index is -4.42. The third kappa shape index (κ3) is 4.11. The van der Waals surface area contributed by atoms with Gasteiger partial charge in [-0.15, -0.1) is 23.4 Å². The first-order valence-corrected chi connectivity index (χ1v) is 6.70. The van der Waals surface area contributed by atoms with E-state index in [-0.39, 0.29) is 11.5 Å².